The Kier molecular flexibility index (Phi) is 7.15. The summed E-state index contributed by atoms with van der Waals surface area (Å²) >= 11 is 1.95. The van der Waals surface area contributed by atoms with Gasteiger partial charge in [0.15, 0.2) is 0 Å². The first-order valence-electron chi connectivity index (χ1n) is 10.4. The number of anilines is 3. The third-order valence-electron chi connectivity index (χ3n) is 5.15. The molecule has 180 valence electrons. The topological polar surface area (TPSA) is 123 Å². The molecular weight excluding hydrogens is 573 g/mol. The first-order valence-corrected chi connectivity index (χ1v) is 11.5. The third-order valence-corrected chi connectivity index (χ3v) is 5.83. The van der Waals surface area contributed by atoms with Gasteiger partial charge in [-0.3, -0.25) is 14.4 Å². The Hall–Kier alpha value is -3.74. The number of rotatable bonds is 7. The Labute approximate surface area is 212 Å². The van der Waals surface area contributed by atoms with Gasteiger partial charge < -0.3 is 26.4 Å². The number of hydrogen-bond acceptors (Lipinski definition) is 5. The summed E-state index contributed by atoms with van der Waals surface area (Å²) in [5.41, 5.74) is 5.67. The molecule has 1 atom stereocenters. The first-order chi connectivity index (χ1) is 16.7. The van der Waals surface area contributed by atoms with Gasteiger partial charge in [-0.2, -0.15) is 0 Å². The quantitative estimate of drug-likeness (QED) is 0.303. The van der Waals surface area contributed by atoms with Crippen molar-refractivity contribution in [1.29, 1.82) is 0 Å². The van der Waals surface area contributed by atoms with E-state index in [4.69, 9.17) is 10.5 Å². The van der Waals surface area contributed by atoms with E-state index < -0.39 is 23.6 Å². The number of halogens is 3. The Morgan fingerprint density at radius 2 is 1.89 bits per heavy atom. The van der Waals surface area contributed by atoms with Crippen LogP contribution in [0.3, 0.4) is 0 Å². The maximum Gasteiger partial charge on any atom is 0.254 e. The lowest BCUT2D eigenvalue weighted by molar-refractivity contribution is -0.122. The van der Waals surface area contributed by atoms with Crippen molar-refractivity contribution in [1.82, 2.24) is 5.32 Å². The summed E-state index contributed by atoms with van der Waals surface area (Å²) < 4.78 is 35.2. The van der Waals surface area contributed by atoms with E-state index >= 15 is 0 Å². The van der Waals surface area contributed by atoms with Crippen LogP contribution < -0.4 is 26.4 Å². The van der Waals surface area contributed by atoms with Crippen molar-refractivity contribution in [3.63, 3.8) is 0 Å². The minimum atomic E-state index is -0.921. The van der Waals surface area contributed by atoms with Gasteiger partial charge in [-0.15, -0.1) is 0 Å². The van der Waals surface area contributed by atoms with Gasteiger partial charge in [-0.1, -0.05) is 6.07 Å². The van der Waals surface area contributed by atoms with Crippen LogP contribution in [0, 0.1) is 15.2 Å². The lowest BCUT2D eigenvalue weighted by Gasteiger charge is -2.16. The van der Waals surface area contributed by atoms with E-state index in [1.165, 1.54) is 24.3 Å². The lowest BCUT2D eigenvalue weighted by Crippen LogP contribution is -2.37. The zero-order valence-electron chi connectivity index (χ0n) is 18.0. The summed E-state index contributed by atoms with van der Waals surface area (Å²) in [6.07, 6.45) is 0.669. The average Bonchev–Trinajstić information content (AvgIpc) is 3.22. The van der Waals surface area contributed by atoms with Crippen LogP contribution in [0.15, 0.2) is 54.6 Å². The molecule has 3 amide bonds. The molecule has 1 unspecified atom stereocenters. The average molecular weight is 592 g/mol. The molecule has 0 aliphatic carbocycles. The monoisotopic (exact) mass is 592 g/mol. The fourth-order valence-electron chi connectivity index (χ4n) is 3.56. The second-order valence-corrected chi connectivity index (χ2v) is 8.96. The van der Waals surface area contributed by atoms with Gasteiger partial charge in [0, 0.05) is 27.8 Å². The number of carbonyl (C=O) groups is 3. The number of carbonyl (C=O) groups excluding carboxylic acids is 3. The van der Waals surface area contributed by atoms with Crippen LogP contribution in [0.1, 0.15) is 23.2 Å². The highest BCUT2D eigenvalue weighted by atomic mass is 127. The molecule has 3 aromatic carbocycles. The standard InChI is InChI=1S/C24H19F2IN4O4/c25-12-8-19(30-17-5-4-13(27)10-16(17)26)22(23(28)33)20(9-12)35-15-3-1-2-14(11-15)29-24(34)18-6-7-21(32)31-18/h1-5,8-11,18,30H,6-7H2,(H2,28,33)(H,29,34)(H,31,32). The number of primary amides is 1. The van der Waals surface area contributed by atoms with Gasteiger partial charge in [0.2, 0.25) is 11.8 Å². The van der Waals surface area contributed by atoms with Gasteiger partial charge in [0.25, 0.3) is 5.91 Å². The van der Waals surface area contributed by atoms with Crippen LogP contribution >= 0.6 is 22.6 Å². The molecule has 0 aromatic heterocycles. The molecule has 0 radical (unpaired) electrons. The van der Waals surface area contributed by atoms with Crippen molar-refractivity contribution in [3.05, 3.63) is 75.4 Å². The molecule has 1 aliphatic rings. The smallest absolute Gasteiger partial charge is 0.254 e. The highest BCUT2D eigenvalue weighted by Crippen LogP contribution is 2.35. The SMILES string of the molecule is NC(=O)c1c(Nc2ccc(I)cc2F)cc(F)cc1Oc1cccc(NC(=O)C2CCC(=O)N2)c1. The van der Waals surface area contributed by atoms with Crippen molar-refractivity contribution in [2.75, 3.05) is 10.6 Å². The molecule has 5 N–H and O–H groups in total. The van der Waals surface area contributed by atoms with Crippen LogP contribution in [0.25, 0.3) is 0 Å². The van der Waals surface area contributed by atoms with Gasteiger partial charge in [0.05, 0.1) is 11.4 Å². The third kappa shape index (κ3) is 5.85. The van der Waals surface area contributed by atoms with Crippen LogP contribution in [-0.2, 0) is 9.59 Å². The summed E-state index contributed by atoms with van der Waals surface area (Å²) in [4.78, 5) is 36.0. The minimum Gasteiger partial charge on any atom is -0.456 e. The Morgan fingerprint density at radius 3 is 2.57 bits per heavy atom. The highest BCUT2D eigenvalue weighted by molar-refractivity contribution is 14.1. The molecule has 1 heterocycles. The van der Waals surface area contributed by atoms with Crippen LogP contribution in [0.5, 0.6) is 11.5 Å². The molecule has 8 nitrogen and oxygen atoms in total. The van der Waals surface area contributed by atoms with E-state index in [2.05, 4.69) is 16.0 Å². The maximum absolute atomic E-state index is 14.4. The van der Waals surface area contributed by atoms with E-state index in [1.807, 2.05) is 22.6 Å². The fourth-order valence-corrected chi connectivity index (χ4v) is 4.01. The molecule has 0 bridgehead atoms. The van der Waals surface area contributed by atoms with Gasteiger partial charge in [0.1, 0.15) is 34.7 Å². The number of hydrogen-bond donors (Lipinski definition) is 4. The molecular formula is C24H19F2IN4O4. The second kappa shape index (κ2) is 10.3. The molecule has 0 spiro atoms. The molecule has 1 saturated heterocycles. The molecule has 1 fully saturated rings. The van der Waals surface area contributed by atoms with E-state index in [-0.39, 0.29) is 46.7 Å². The van der Waals surface area contributed by atoms with Gasteiger partial charge in [-0.25, -0.2) is 8.78 Å². The first kappa shape index (κ1) is 24.4. The van der Waals surface area contributed by atoms with E-state index in [0.29, 0.717) is 15.7 Å². The van der Waals surface area contributed by atoms with Crippen molar-refractivity contribution < 1.29 is 27.9 Å². The largest absolute Gasteiger partial charge is 0.456 e. The van der Waals surface area contributed by atoms with Crippen LogP contribution in [0.4, 0.5) is 25.8 Å². The van der Waals surface area contributed by atoms with Crippen molar-refractivity contribution in [2.45, 2.75) is 18.9 Å². The summed E-state index contributed by atoms with van der Waals surface area (Å²) in [5.74, 6) is -2.87. The van der Waals surface area contributed by atoms with E-state index in [0.717, 1.165) is 12.1 Å². The molecule has 0 saturated carbocycles. The zero-order valence-corrected chi connectivity index (χ0v) is 20.2. The predicted molar refractivity (Wildman–Crippen MR) is 134 cm³/mol. The number of ether oxygens (including phenoxy) is 1. The van der Waals surface area contributed by atoms with E-state index in [1.54, 1.807) is 18.2 Å². The highest BCUT2D eigenvalue weighted by Gasteiger charge is 2.27. The van der Waals surface area contributed by atoms with Gasteiger partial charge >= 0.3 is 0 Å². The zero-order chi connectivity index (χ0) is 25.1. The van der Waals surface area contributed by atoms with Crippen molar-refractivity contribution in [2.24, 2.45) is 5.73 Å². The number of nitrogens with one attached hydrogen (secondary N) is 3. The molecule has 11 heteroatoms. The Bertz CT molecular complexity index is 1330. The normalized spacial score (nSPS) is 14.8. The van der Waals surface area contributed by atoms with Crippen molar-refractivity contribution in [3.8, 4) is 11.5 Å². The molecule has 3 aromatic rings. The summed E-state index contributed by atoms with van der Waals surface area (Å²) in [7, 11) is 0. The minimum absolute atomic E-state index is 0.0215. The summed E-state index contributed by atoms with van der Waals surface area (Å²) in [6.45, 7) is 0. The predicted octanol–water partition coefficient (Wildman–Crippen LogP) is 4.42. The van der Waals surface area contributed by atoms with E-state index in [9.17, 15) is 23.2 Å². The Balaban J connectivity index is 1.60. The number of benzene rings is 3. The summed E-state index contributed by atoms with van der Waals surface area (Å²) in [5, 5.41) is 7.96. The number of amides is 3. The lowest BCUT2D eigenvalue weighted by atomic mass is 10.1. The molecule has 4 rings (SSSR count). The van der Waals surface area contributed by atoms with Crippen LogP contribution in [0.2, 0.25) is 0 Å². The van der Waals surface area contributed by atoms with Crippen LogP contribution in [-0.4, -0.2) is 23.8 Å². The van der Waals surface area contributed by atoms with Gasteiger partial charge in [-0.05, 0) is 65.4 Å². The van der Waals surface area contributed by atoms with Crippen molar-refractivity contribution >= 4 is 57.4 Å². The number of nitrogens with two attached hydrogens (primary N) is 1. The Morgan fingerprint density at radius 1 is 1.09 bits per heavy atom. The maximum atomic E-state index is 14.4. The molecule has 35 heavy (non-hydrogen) atoms. The second-order valence-electron chi connectivity index (χ2n) is 7.72. The summed E-state index contributed by atoms with van der Waals surface area (Å²) in [6, 6.07) is 11.9. The molecule has 1 aliphatic heterocycles. The fraction of sp³-hybridized carbons (Fsp3) is 0.125.